The minimum Gasteiger partial charge on any atom is -0.326 e. The van der Waals surface area contributed by atoms with E-state index in [1.54, 1.807) is 11.3 Å². The summed E-state index contributed by atoms with van der Waals surface area (Å²) in [7, 11) is 0. The van der Waals surface area contributed by atoms with Gasteiger partial charge in [-0.3, -0.25) is 0 Å². The van der Waals surface area contributed by atoms with Crippen LogP contribution in [0.4, 0.5) is 0 Å². The number of hydrogen-bond donors (Lipinski definition) is 1. The van der Waals surface area contributed by atoms with Gasteiger partial charge < -0.3 is 10.3 Å². The third-order valence-electron chi connectivity index (χ3n) is 3.56. The fraction of sp³-hybridized carbons (Fsp3) is 0.312. The molecule has 0 bridgehead atoms. The quantitative estimate of drug-likeness (QED) is 0.789. The largest absolute Gasteiger partial charge is 0.326 e. The highest BCUT2D eigenvalue weighted by atomic mass is 32.1. The molecule has 0 aliphatic carbocycles. The second-order valence-electron chi connectivity index (χ2n) is 5.05. The Morgan fingerprint density at radius 2 is 2.15 bits per heavy atom. The lowest BCUT2D eigenvalue weighted by molar-refractivity contribution is 0.705. The molecule has 0 amide bonds. The predicted molar refractivity (Wildman–Crippen MR) is 86.0 cm³/mol. The second kappa shape index (κ2) is 5.38. The van der Waals surface area contributed by atoms with E-state index in [-0.39, 0.29) is 0 Å². The normalized spacial score (nSPS) is 11.3. The maximum Gasteiger partial charge on any atom is 0.151 e. The lowest BCUT2D eigenvalue weighted by Crippen LogP contribution is -2.00. The first-order valence-corrected chi connectivity index (χ1v) is 7.86. The number of nitrogens with zero attached hydrogens (tertiary/aromatic N) is 2. The number of fused-ring (bicyclic) bond motifs is 1. The van der Waals surface area contributed by atoms with Crippen LogP contribution in [0.3, 0.4) is 0 Å². The van der Waals surface area contributed by atoms with Crippen molar-refractivity contribution in [3.63, 3.8) is 0 Å². The number of benzene rings is 1. The zero-order valence-electron chi connectivity index (χ0n) is 11.9. The van der Waals surface area contributed by atoms with Crippen LogP contribution < -0.4 is 5.73 Å². The van der Waals surface area contributed by atoms with Crippen LogP contribution in [0, 0.1) is 6.92 Å². The van der Waals surface area contributed by atoms with Gasteiger partial charge in [0.25, 0.3) is 0 Å². The molecule has 0 fully saturated rings. The number of aryl methyl sites for hydroxylation is 2. The third-order valence-corrected chi connectivity index (χ3v) is 4.57. The molecule has 20 heavy (non-hydrogen) atoms. The lowest BCUT2D eigenvalue weighted by Gasteiger charge is -2.07. The van der Waals surface area contributed by atoms with Gasteiger partial charge in [0.15, 0.2) is 5.82 Å². The van der Waals surface area contributed by atoms with E-state index in [4.69, 9.17) is 10.7 Å². The first-order valence-electron chi connectivity index (χ1n) is 6.98. The molecule has 0 aliphatic rings. The van der Waals surface area contributed by atoms with Crippen LogP contribution >= 0.6 is 11.3 Å². The smallest absolute Gasteiger partial charge is 0.151 e. The summed E-state index contributed by atoms with van der Waals surface area (Å²) in [6.45, 7) is 5.90. The van der Waals surface area contributed by atoms with E-state index < -0.39 is 0 Å². The number of thiophene rings is 1. The zero-order chi connectivity index (χ0) is 14.1. The average molecular weight is 285 g/mol. The Balaban J connectivity index is 2.25. The minimum atomic E-state index is 0.559. The maximum absolute atomic E-state index is 5.73. The molecule has 0 aliphatic heterocycles. The molecule has 0 spiro atoms. The van der Waals surface area contributed by atoms with E-state index in [0.29, 0.717) is 6.54 Å². The summed E-state index contributed by atoms with van der Waals surface area (Å²) in [4.78, 5) is 6.13. The van der Waals surface area contributed by atoms with E-state index in [0.717, 1.165) is 29.9 Å². The molecule has 0 radical (unpaired) electrons. The molecule has 0 saturated heterocycles. The Morgan fingerprint density at radius 1 is 1.30 bits per heavy atom. The summed E-state index contributed by atoms with van der Waals surface area (Å²) in [5.41, 5.74) is 10.4. The molecule has 4 heteroatoms. The topological polar surface area (TPSA) is 43.8 Å². The van der Waals surface area contributed by atoms with E-state index in [2.05, 4.69) is 48.1 Å². The van der Waals surface area contributed by atoms with Crippen LogP contribution in [0.1, 0.15) is 24.5 Å². The fourth-order valence-corrected chi connectivity index (χ4v) is 3.45. The number of nitrogens with two attached hydrogens (primary N) is 1. The summed E-state index contributed by atoms with van der Waals surface area (Å²) < 4.78 is 2.33. The minimum absolute atomic E-state index is 0.559. The van der Waals surface area contributed by atoms with Gasteiger partial charge in [-0.2, -0.15) is 0 Å². The van der Waals surface area contributed by atoms with Crippen molar-refractivity contribution in [1.82, 2.24) is 9.55 Å². The molecule has 3 aromatic rings. The molecule has 2 heterocycles. The summed E-state index contributed by atoms with van der Waals surface area (Å²) >= 11 is 1.76. The van der Waals surface area contributed by atoms with Crippen molar-refractivity contribution in [3.8, 4) is 10.7 Å². The second-order valence-corrected chi connectivity index (χ2v) is 5.96. The van der Waals surface area contributed by atoms with E-state index in [1.165, 1.54) is 16.0 Å². The highest BCUT2D eigenvalue weighted by Gasteiger charge is 2.15. The van der Waals surface area contributed by atoms with Gasteiger partial charge in [-0.15, -0.1) is 11.3 Å². The zero-order valence-corrected chi connectivity index (χ0v) is 12.7. The summed E-state index contributed by atoms with van der Waals surface area (Å²) in [6, 6.07) is 8.50. The van der Waals surface area contributed by atoms with E-state index in [1.807, 2.05) is 0 Å². The standard InChI is InChI=1S/C16H19N3S/c1-3-7-19-14-5-4-12(10-17)9-13(14)18-16(19)15-11(2)6-8-20-15/h4-6,8-9H,3,7,10,17H2,1-2H3. The summed E-state index contributed by atoms with van der Waals surface area (Å²) in [5.74, 6) is 1.09. The van der Waals surface area contributed by atoms with Crippen molar-refractivity contribution in [2.75, 3.05) is 0 Å². The molecule has 1 aromatic carbocycles. The summed E-state index contributed by atoms with van der Waals surface area (Å²) in [5, 5.41) is 2.13. The number of rotatable bonds is 4. The van der Waals surface area contributed by atoms with Crippen molar-refractivity contribution in [3.05, 3.63) is 40.8 Å². The first kappa shape index (κ1) is 13.3. The van der Waals surface area contributed by atoms with Crippen molar-refractivity contribution in [2.24, 2.45) is 5.73 Å². The average Bonchev–Trinajstić information content (AvgIpc) is 3.02. The van der Waals surface area contributed by atoms with Gasteiger partial charge in [0.2, 0.25) is 0 Å². The Labute approximate surface area is 123 Å². The predicted octanol–water partition coefficient (Wildman–Crippen LogP) is 3.94. The molecule has 3 nitrogen and oxygen atoms in total. The van der Waals surface area contributed by atoms with Crippen molar-refractivity contribution < 1.29 is 0 Å². The highest BCUT2D eigenvalue weighted by molar-refractivity contribution is 7.13. The van der Waals surface area contributed by atoms with Crippen molar-refractivity contribution in [2.45, 2.75) is 33.4 Å². The highest BCUT2D eigenvalue weighted by Crippen LogP contribution is 2.31. The molecule has 0 unspecified atom stereocenters. The van der Waals surface area contributed by atoms with Crippen LogP contribution in [-0.2, 0) is 13.1 Å². The molecule has 2 N–H and O–H groups in total. The number of hydrogen-bond acceptors (Lipinski definition) is 3. The maximum atomic E-state index is 5.73. The van der Waals surface area contributed by atoms with Gasteiger partial charge in [-0.05, 0) is 48.1 Å². The van der Waals surface area contributed by atoms with Crippen molar-refractivity contribution >= 4 is 22.4 Å². The van der Waals surface area contributed by atoms with Gasteiger partial charge in [-0.25, -0.2) is 4.98 Å². The molecular weight excluding hydrogens is 266 g/mol. The van der Waals surface area contributed by atoms with Crippen LogP contribution in [0.25, 0.3) is 21.7 Å². The molecule has 0 saturated carbocycles. The van der Waals surface area contributed by atoms with Gasteiger partial charge in [0, 0.05) is 13.1 Å². The number of imidazole rings is 1. The van der Waals surface area contributed by atoms with Gasteiger partial charge in [0.1, 0.15) is 0 Å². The van der Waals surface area contributed by atoms with Crippen LogP contribution in [0.2, 0.25) is 0 Å². The molecule has 104 valence electrons. The fourth-order valence-electron chi connectivity index (χ4n) is 2.53. The summed E-state index contributed by atoms with van der Waals surface area (Å²) in [6.07, 6.45) is 1.10. The lowest BCUT2D eigenvalue weighted by atomic mass is 10.2. The van der Waals surface area contributed by atoms with Crippen molar-refractivity contribution in [1.29, 1.82) is 0 Å². The molecule has 2 aromatic heterocycles. The monoisotopic (exact) mass is 285 g/mol. The van der Waals surface area contributed by atoms with Crippen LogP contribution in [0.15, 0.2) is 29.6 Å². The third kappa shape index (κ3) is 2.15. The molecular formula is C16H19N3S. The van der Waals surface area contributed by atoms with Crippen LogP contribution in [0.5, 0.6) is 0 Å². The Hall–Kier alpha value is -1.65. The molecule has 3 rings (SSSR count). The first-order chi connectivity index (χ1) is 9.74. The number of aromatic nitrogens is 2. The van der Waals surface area contributed by atoms with Crippen LogP contribution in [-0.4, -0.2) is 9.55 Å². The SMILES string of the molecule is CCCn1c(-c2sccc2C)nc2cc(CN)ccc21. The molecule has 0 atom stereocenters. The van der Waals surface area contributed by atoms with Gasteiger partial charge in [0.05, 0.1) is 15.9 Å². The van der Waals surface area contributed by atoms with Gasteiger partial charge >= 0.3 is 0 Å². The Morgan fingerprint density at radius 3 is 2.80 bits per heavy atom. The van der Waals surface area contributed by atoms with E-state index in [9.17, 15) is 0 Å². The van der Waals surface area contributed by atoms with E-state index >= 15 is 0 Å². The Kier molecular flexibility index (Phi) is 3.59. The van der Waals surface area contributed by atoms with Gasteiger partial charge in [-0.1, -0.05) is 13.0 Å². The Bertz CT molecular complexity index is 739.